The summed E-state index contributed by atoms with van der Waals surface area (Å²) < 4.78 is 1.95. The van der Waals surface area contributed by atoms with Gasteiger partial charge in [-0.3, -0.25) is 0 Å². The number of nitrogens with two attached hydrogens (primary N) is 2. The molecule has 0 saturated heterocycles. The summed E-state index contributed by atoms with van der Waals surface area (Å²) in [6, 6.07) is 5.82. The first-order chi connectivity index (χ1) is 7.66. The van der Waals surface area contributed by atoms with E-state index < -0.39 is 0 Å². The SMILES string of the molecule is Cn1cnc2cc(C=NN=C(N)N)ccc21. The number of hydrogen-bond donors (Lipinski definition) is 2. The van der Waals surface area contributed by atoms with Gasteiger partial charge in [-0.2, -0.15) is 5.10 Å². The molecule has 2 rings (SSSR count). The summed E-state index contributed by atoms with van der Waals surface area (Å²) in [6.45, 7) is 0. The van der Waals surface area contributed by atoms with E-state index in [4.69, 9.17) is 11.5 Å². The van der Waals surface area contributed by atoms with Crippen LogP contribution in [-0.2, 0) is 7.05 Å². The Morgan fingerprint density at radius 2 is 2.25 bits per heavy atom. The molecule has 0 amide bonds. The van der Waals surface area contributed by atoms with Crippen LogP contribution in [0.3, 0.4) is 0 Å². The van der Waals surface area contributed by atoms with Gasteiger partial charge in [0.1, 0.15) is 0 Å². The number of fused-ring (bicyclic) bond motifs is 1. The van der Waals surface area contributed by atoms with Gasteiger partial charge in [0.05, 0.1) is 23.6 Å². The topological polar surface area (TPSA) is 94.6 Å². The van der Waals surface area contributed by atoms with Crippen molar-refractivity contribution in [1.82, 2.24) is 9.55 Å². The largest absolute Gasteiger partial charge is 0.369 e. The zero-order chi connectivity index (χ0) is 11.5. The fourth-order valence-corrected chi connectivity index (χ4v) is 1.40. The minimum atomic E-state index is -0.0600. The van der Waals surface area contributed by atoms with Crippen molar-refractivity contribution >= 4 is 23.2 Å². The number of guanidine groups is 1. The van der Waals surface area contributed by atoms with Crippen LogP contribution in [0.2, 0.25) is 0 Å². The molecule has 0 aliphatic heterocycles. The van der Waals surface area contributed by atoms with E-state index >= 15 is 0 Å². The molecule has 82 valence electrons. The van der Waals surface area contributed by atoms with Crippen LogP contribution in [0.15, 0.2) is 34.7 Å². The third-order valence-corrected chi connectivity index (χ3v) is 2.13. The Kier molecular flexibility index (Phi) is 2.55. The molecule has 16 heavy (non-hydrogen) atoms. The number of hydrogen-bond acceptors (Lipinski definition) is 3. The summed E-state index contributed by atoms with van der Waals surface area (Å²) in [4.78, 5) is 4.24. The molecule has 0 bridgehead atoms. The highest BCUT2D eigenvalue weighted by Gasteiger charge is 1.98. The van der Waals surface area contributed by atoms with Gasteiger partial charge in [0.2, 0.25) is 5.96 Å². The van der Waals surface area contributed by atoms with E-state index in [-0.39, 0.29) is 5.96 Å². The number of nitrogens with zero attached hydrogens (tertiary/aromatic N) is 4. The zero-order valence-corrected chi connectivity index (χ0v) is 8.83. The molecule has 0 aliphatic carbocycles. The molecule has 0 atom stereocenters. The lowest BCUT2D eigenvalue weighted by Crippen LogP contribution is -2.21. The average molecular weight is 216 g/mol. The standard InChI is InChI=1S/C10H12N6/c1-16-6-13-8-4-7(2-3-9(8)16)5-14-15-10(11)12/h2-6H,1H3,(H4,11,12,15). The van der Waals surface area contributed by atoms with E-state index in [2.05, 4.69) is 15.2 Å². The van der Waals surface area contributed by atoms with Crippen molar-refractivity contribution in [3.05, 3.63) is 30.1 Å². The molecule has 0 aliphatic rings. The summed E-state index contributed by atoms with van der Waals surface area (Å²) in [5.74, 6) is -0.0600. The van der Waals surface area contributed by atoms with Crippen LogP contribution in [-0.4, -0.2) is 21.7 Å². The van der Waals surface area contributed by atoms with E-state index in [0.29, 0.717) is 0 Å². The molecule has 4 N–H and O–H groups in total. The fraction of sp³-hybridized carbons (Fsp3) is 0.100. The lowest BCUT2D eigenvalue weighted by molar-refractivity contribution is 0.947. The van der Waals surface area contributed by atoms with E-state index in [0.717, 1.165) is 16.6 Å². The third-order valence-electron chi connectivity index (χ3n) is 2.13. The first kappa shape index (κ1) is 10.2. The average Bonchev–Trinajstić information content (AvgIpc) is 2.60. The molecule has 0 radical (unpaired) electrons. The first-order valence-corrected chi connectivity index (χ1v) is 4.70. The minimum Gasteiger partial charge on any atom is -0.369 e. The van der Waals surface area contributed by atoms with Crippen LogP contribution in [0, 0.1) is 0 Å². The Hall–Kier alpha value is -2.37. The summed E-state index contributed by atoms with van der Waals surface area (Å²) >= 11 is 0. The molecular weight excluding hydrogens is 204 g/mol. The summed E-state index contributed by atoms with van der Waals surface area (Å²) in [6.07, 6.45) is 3.34. The van der Waals surface area contributed by atoms with Gasteiger partial charge < -0.3 is 16.0 Å². The molecule has 0 unspecified atom stereocenters. The van der Waals surface area contributed by atoms with Crippen molar-refractivity contribution in [2.45, 2.75) is 0 Å². The van der Waals surface area contributed by atoms with Gasteiger partial charge in [0, 0.05) is 7.05 Å². The second kappa shape index (κ2) is 4.01. The van der Waals surface area contributed by atoms with Crippen LogP contribution in [0.5, 0.6) is 0 Å². The highest BCUT2D eigenvalue weighted by molar-refractivity contribution is 5.87. The van der Waals surface area contributed by atoms with E-state index in [9.17, 15) is 0 Å². The second-order valence-electron chi connectivity index (χ2n) is 3.37. The monoisotopic (exact) mass is 216 g/mol. The maximum Gasteiger partial charge on any atom is 0.211 e. The first-order valence-electron chi connectivity index (χ1n) is 4.70. The number of imidazole rings is 1. The quantitative estimate of drug-likeness (QED) is 0.426. The molecule has 6 nitrogen and oxygen atoms in total. The van der Waals surface area contributed by atoms with Crippen LogP contribution in [0.4, 0.5) is 0 Å². The van der Waals surface area contributed by atoms with Crippen molar-refractivity contribution < 1.29 is 0 Å². The molecular formula is C10H12N6. The molecule has 1 aromatic heterocycles. The minimum absolute atomic E-state index is 0.0600. The van der Waals surface area contributed by atoms with Crippen molar-refractivity contribution in [3.8, 4) is 0 Å². The molecule has 2 aromatic rings. The summed E-state index contributed by atoms with van der Waals surface area (Å²) in [5, 5.41) is 7.25. The Morgan fingerprint density at radius 1 is 1.44 bits per heavy atom. The van der Waals surface area contributed by atoms with Crippen LogP contribution >= 0.6 is 0 Å². The van der Waals surface area contributed by atoms with Gasteiger partial charge in [0.15, 0.2) is 0 Å². The normalized spacial score (nSPS) is 11.1. The van der Waals surface area contributed by atoms with Crippen molar-refractivity contribution in [2.75, 3.05) is 0 Å². The Balaban J connectivity index is 2.33. The smallest absolute Gasteiger partial charge is 0.211 e. The third kappa shape index (κ3) is 2.00. The van der Waals surface area contributed by atoms with Crippen LogP contribution in [0.25, 0.3) is 11.0 Å². The zero-order valence-electron chi connectivity index (χ0n) is 8.83. The second-order valence-corrected chi connectivity index (χ2v) is 3.37. The molecule has 0 saturated carbocycles. The molecule has 0 fully saturated rings. The van der Waals surface area contributed by atoms with E-state index in [1.54, 1.807) is 12.5 Å². The molecule has 1 aromatic carbocycles. The predicted molar refractivity (Wildman–Crippen MR) is 64.1 cm³/mol. The Morgan fingerprint density at radius 3 is 3.00 bits per heavy atom. The van der Waals surface area contributed by atoms with Crippen molar-refractivity contribution in [1.29, 1.82) is 0 Å². The number of benzene rings is 1. The lowest BCUT2D eigenvalue weighted by Gasteiger charge is -1.95. The van der Waals surface area contributed by atoms with Gasteiger partial charge >= 0.3 is 0 Å². The van der Waals surface area contributed by atoms with Gasteiger partial charge in [-0.25, -0.2) is 4.98 Å². The Labute approximate surface area is 92.3 Å². The number of aromatic nitrogens is 2. The van der Waals surface area contributed by atoms with E-state index in [1.807, 2.05) is 29.8 Å². The number of aryl methyl sites for hydroxylation is 1. The molecule has 0 spiro atoms. The molecule has 1 heterocycles. The maximum absolute atomic E-state index is 5.15. The van der Waals surface area contributed by atoms with Crippen LogP contribution < -0.4 is 11.5 Å². The van der Waals surface area contributed by atoms with Gasteiger partial charge in [-0.15, -0.1) is 5.10 Å². The van der Waals surface area contributed by atoms with Gasteiger partial charge in [-0.05, 0) is 17.7 Å². The number of rotatable bonds is 2. The van der Waals surface area contributed by atoms with Gasteiger partial charge in [0.25, 0.3) is 0 Å². The van der Waals surface area contributed by atoms with Gasteiger partial charge in [-0.1, -0.05) is 6.07 Å². The van der Waals surface area contributed by atoms with Crippen LogP contribution in [0.1, 0.15) is 5.56 Å². The molecule has 6 heteroatoms. The van der Waals surface area contributed by atoms with E-state index in [1.165, 1.54) is 0 Å². The fourth-order valence-electron chi connectivity index (χ4n) is 1.40. The summed E-state index contributed by atoms with van der Waals surface area (Å²) in [5.41, 5.74) is 13.2. The van der Waals surface area contributed by atoms with Crippen molar-refractivity contribution in [3.63, 3.8) is 0 Å². The van der Waals surface area contributed by atoms with Crippen molar-refractivity contribution in [2.24, 2.45) is 28.7 Å². The maximum atomic E-state index is 5.15. The predicted octanol–water partition coefficient (Wildman–Crippen LogP) is 0.181. The highest BCUT2D eigenvalue weighted by Crippen LogP contribution is 2.12. The summed E-state index contributed by atoms with van der Waals surface area (Å²) in [7, 11) is 1.95. The highest BCUT2D eigenvalue weighted by atomic mass is 15.3. The Bertz CT molecular complexity index is 562. The lowest BCUT2D eigenvalue weighted by atomic mass is 10.2.